The Labute approximate surface area is 185 Å². The third-order valence-electron chi connectivity index (χ3n) is 4.97. The summed E-state index contributed by atoms with van der Waals surface area (Å²) in [6, 6.07) is 8.84. The Morgan fingerprint density at radius 2 is 1.81 bits per heavy atom. The number of aromatic nitrogens is 4. The quantitative estimate of drug-likeness (QED) is 0.471. The van der Waals surface area contributed by atoms with Crippen molar-refractivity contribution in [3.05, 3.63) is 68.6 Å². The monoisotopic (exact) mass is 468 g/mol. The summed E-state index contributed by atoms with van der Waals surface area (Å²) >= 11 is 12.5. The zero-order chi connectivity index (χ0) is 22.2. The first-order chi connectivity index (χ1) is 14.7. The molecule has 0 atom stereocenters. The van der Waals surface area contributed by atoms with Crippen molar-refractivity contribution in [2.75, 3.05) is 0 Å². The van der Waals surface area contributed by atoms with Crippen LogP contribution in [0, 0.1) is 0 Å². The summed E-state index contributed by atoms with van der Waals surface area (Å²) in [6.45, 7) is -0.153. The van der Waals surface area contributed by atoms with E-state index < -0.39 is 18.3 Å². The molecular formula is C21H17Cl2F3N4O. The van der Waals surface area contributed by atoms with Crippen LogP contribution in [-0.2, 0) is 6.54 Å². The number of hydrogen-bond donors (Lipinski definition) is 0. The SMILES string of the molecule is O=c1n(CCCC(F)(F)F)nc2cc(C3=CC=C(Cl)CC3)c(-c3ccccc3Cl)nn12. The molecule has 3 aromatic rings. The lowest BCUT2D eigenvalue weighted by Crippen LogP contribution is -2.23. The molecule has 1 aliphatic rings. The highest BCUT2D eigenvalue weighted by Gasteiger charge is 2.26. The van der Waals surface area contributed by atoms with Gasteiger partial charge < -0.3 is 0 Å². The molecule has 0 unspecified atom stereocenters. The van der Waals surface area contributed by atoms with Gasteiger partial charge in [0.05, 0.1) is 5.02 Å². The molecule has 0 saturated carbocycles. The molecule has 0 spiro atoms. The van der Waals surface area contributed by atoms with E-state index in [0.29, 0.717) is 29.1 Å². The minimum absolute atomic E-state index is 0.153. The summed E-state index contributed by atoms with van der Waals surface area (Å²) in [5, 5.41) is 9.89. The summed E-state index contributed by atoms with van der Waals surface area (Å²) < 4.78 is 39.5. The molecule has 0 bridgehead atoms. The Balaban J connectivity index is 1.84. The van der Waals surface area contributed by atoms with Crippen LogP contribution in [0.25, 0.3) is 22.5 Å². The van der Waals surface area contributed by atoms with Gasteiger partial charge in [-0.3, -0.25) is 0 Å². The molecule has 162 valence electrons. The molecule has 5 nitrogen and oxygen atoms in total. The van der Waals surface area contributed by atoms with Crippen molar-refractivity contribution < 1.29 is 13.2 Å². The molecule has 4 rings (SSSR count). The number of allylic oxidation sites excluding steroid dienone is 4. The number of halogens is 5. The number of fused-ring (bicyclic) bond motifs is 1. The fraction of sp³-hybridized carbons (Fsp3) is 0.286. The number of nitrogens with zero attached hydrogens (tertiary/aromatic N) is 4. The second-order valence-corrected chi connectivity index (χ2v) is 8.08. The zero-order valence-electron chi connectivity index (χ0n) is 16.2. The number of hydrogen-bond acceptors (Lipinski definition) is 3. The summed E-state index contributed by atoms with van der Waals surface area (Å²) in [4.78, 5) is 12.7. The van der Waals surface area contributed by atoms with Crippen LogP contribution in [0.1, 0.15) is 31.2 Å². The van der Waals surface area contributed by atoms with Crippen molar-refractivity contribution in [1.82, 2.24) is 19.4 Å². The Hall–Kier alpha value is -2.58. The largest absolute Gasteiger partial charge is 0.389 e. The zero-order valence-corrected chi connectivity index (χ0v) is 17.7. The minimum atomic E-state index is -4.28. The molecule has 0 amide bonds. The first-order valence-corrected chi connectivity index (χ1v) is 10.4. The lowest BCUT2D eigenvalue weighted by atomic mass is 9.94. The van der Waals surface area contributed by atoms with E-state index >= 15 is 0 Å². The van der Waals surface area contributed by atoms with Gasteiger partial charge in [0.2, 0.25) is 0 Å². The average molecular weight is 469 g/mol. The summed E-state index contributed by atoms with van der Waals surface area (Å²) in [5.41, 5.74) is 2.48. The van der Waals surface area contributed by atoms with Gasteiger partial charge in [-0.25, -0.2) is 9.48 Å². The third kappa shape index (κ3) is 4.70. The predicted octanol–water partition coefficient (Wildman–Crippen LogP) is 5.85. The Morgan fingerprint density at radius 3 is 2.48 bits per heavy atom. The average Bonchev–Trinajstić information content (AvgIpc) is 3.02. The number of aryl methyl sites for hydroxylation is 1. The molecule has 0 saturated heterocycles. The highest BCUT2D eigenvalue weighted by Crippen LogP contribution is 2.36. The van der Waals surface area contributed by atoms with Gasteiger partial charge in [-0.2, -0.15) is 22.8 Å². The molecule has 10 heteroatoms. The van der Waals surface area contributed by atoms with Gasteiger partial charge >= 0.3 is 11.9 Å². The van der Waals surface area contributed by atoms with Gasteiger partial charge in [0.1, 0.15) is 5.69 Å². The Bertz CT molecular complexity index is 1260. The maximum atomic E-state index is 12.7. The first kappa shape index (κ1) is 21.6. The molecule has 0 fully saturated rings. The third-order valence-corrected chi connectivity index (χ3v) is 5.62. The van der Waals surface area contributed by atoms with Crippen molar-refractivity contribution in [3.63, 3.8) is 0 Å². The smallest absolute Gasteiger partial charge is 0.244 e. The summed E-state index contributed by atoms with van der Waals surface area (Å²) in [6.07, 6.45) is -0.488. The van der Waals surface area contributed by atoms with E-state index in [-0.39, 0.29) is 18.6 Å². The van der Waals surface area contributed by atoms with Crippen molar-refractivity contribution in [2.24, 2.45) is 0 Å². The van der Waals surface area contributed by atoms with Crippen LogP contribution in [-0.4, -0.2) is 25.6 Å². The van der Waals surface area contributed by atoms with Crippen molar-refractivity contribution >= 4 is 34.4 Å². The van der Waals surface area contributed by atoms with Crippen molar-refractivity contribution in [3.8, 4) is 11.3 Å². The second kappa shape index (κ2) is 8.51. The number of alkyl halides is 3. The standard InChI is InChI=1S/C21H17Cl2F3N4O/c22-14-8-6-13(7-9-14)16-12-18-27-29(11-3-10-21(24,25)26)20(31)30(18)28-19(16)15-4-1-2-5-17(15)23/h1-2,4-6,8,12H,3,7,9-11H2. The van der Waals surface area contributed by atoms with Crippen LogP contribution in [0.15, 0.2) is 52.3 Å². The maximum Gasteiger partial charge on any atom is 0.389 e. The van der Waals surface area contributed by atoms with E-state index in [4.69, 9.17) is 23.2 Å². The van der Waals surface area contributed by atoms with Gasteiger partial charge in [-0.1, -0.05) is 47.5 Å². The molecule has 1 aromatic carbocycles. The van der Waals surface area contributed by atoms with E-state index in [1.807, 2.05) is 18.2 Å². The Kier molecular flexibility index (Phi) is 5.94. The predicted molar refractivity (Wildman–Crippen MR) is 114 cm³/mol. The summed E-state index contributed by atoms with van der Waals surface area (Å²) in [7, 11) is 0. The second-order valence-electron chi connectivity index (χ2n) is 7.19. The van der Waals surface area contributed by atoms with Crippen LogP contribution >= 0.6 is 23.2 Å². The van der Waals surface area contributed by atoms with Gasteiger partial charge in [-0.15, -0.1) is 5.10 Å². The fourth-order valence-corrected chi connectivity index (χ4v) is 3.84. The fourth-order valence-electron chi connectivity index (χ4n) is 3.46. The van der Waals surface area contributed by atoms with Gasteiger partial charge in [0.25, 0.3) is 0 Å². The lowest BCUT2D eigenvalue weighted by molar-refractivity contribution is -0.136. The van der Waals surface area contributed by atoms with Gasteiger partial charge in [0.15, 0.2) is 5.65 Å². The van der Waals surface area contributed by atoms with Crippen molar-refractivity contribution in [2.45, 2.75) is 38.4 Å². The normalized spacial score (nSPS) is 14.6. The Morgan fingerprint density at radius 1 is 1.03 bits per heavy atom. The number of benzene rings is 1. The van der Waals surface area contributed by atoms with E-state index in [0.717, 1.165) is 25.4 Å². The minimum Gasteiger partial charge on any atom is -0.244 e. The van der Waals surface area contributed by atoms with Crippen LogP contribution < -0.4 is 5.69 Å². The molecule has 1 aliphatic carbocycles. The van der Waals surface area contributed by atoms with Crippen LogP contribution in [0.5, 0.6) is 0 Å². The maximum absolute atomic E-state index is 12.7. The van der Waals surface area contributed by atoms with E-state index in [9.17, 15) is 18.0 Å². The lowest BCUT2D eigenvalue weighted by Gasteiger charge is -2.15. The highest BCUT2D eigenvalue weighted by molar-refractivity contribution is 6.33. The van der Waals surface area contributed by atoms with Crippen LogP contribution in [0.4, 0.5) is 13.2 Å². The van der Waals surface area contributed by atoms with E-state index in [1.54, 1.807) is 24.3 Å². The molecule has 0 aliphatic heterocycles. The molecule has 31 heavy (non-hydrogen) atoms. The molecule has 0 N–H and O–H groups in total. The summed E-state index contributed by atoms with van der Waals surface area (Å²) in [5.74, 6) is 0. The van der Waals surface area contributed by atoms with Crippen LogP contribution in [0.2, 0.25) is 5.02 Å². The molecule has 2 aromatic heterocycles. The number of rotatable bonds is 5. The van der Waals surface area contributed by atoms with Crippen molar-refractivity contribution in [1.29, 1.82) is 0 Å². The van der Waals surface area contributed by atoms with Crippen LogP contribution in [0.3, 0.4) is 0 Å². The van der Waals surface area contributed by atoms with E-state index in [1.165, 1.54) is 0 Å². The van der Waals surface area contributed by atoms with E-state index in [2.05, 4.69) is 10.2 Å². The first-order valence-electron chi connectivity index (χ1n) is 9.61. The molecular weight excluding hydrogens is 452 g/mol. The topological polar surface area (TPSA) is 52.2 Å². The van der Waals surface area contributed by atoms with Gasteiger partial charge in [-0.05, 0) is 43.0 Å². The molecule has 0 radical (unpaired) electrons. The van der Waals surface area contributed by atoms with Gasteiger partial charge in [0, 0.05) is 29.1 Å². The highest BCUT2D eigenvalue weighted by atomic mass is 35.5. The molecule has 2 heterocycles.